The summed E-state index contributed by atoms with van der Waals surface area (Å²) in [4.78, 5) is 27.4. The molecule has 0 fully saturated rings. The summed E-state index contributed by atoms with van der Waals surface area (Å²) in [7, 11) is 1.57. The molecular weight excluding hydrogens is 266 g/mol. The second-order valence-corrected chi connectivity index (χ2v) is 4.57. The number of hydrogen-bond acceptors (Lipinski definition) is 3. The Kier molecular flexibility index (Phi) is 5.04. The van der Waals surface area contributed by atoms with E-state index in [1.165, 1.54) is 0 Å². The summed E-state index contributed by atoms with van der Waals surface area (Å²) in [5.41, 5.74) is 2.15. The van der Waals surface area contributed by atoms with E-state index >= 15 is 0 Å². The number of aromatic nitrogens is 1. The van der Waals surface area contributed by atoms with Gasteiger partial charge in [0.15, 0.2) is 0 Å². The Hall–Kier alpha value is -2.69. The Morgan fingerprint density at radius 3 is 2.76 bits per heavy atom. The van der Waals surface area contributed by atoms with Crippen LogP contribution in [0.3, 0.4) is 0 Å². The predicted octanol–water partition coefficient (Wildman–Crippen LogP) is 2.01. The van der Waals surface area contributed by atoms with Gasteiger partial charge >= 0.3 is 0 Å². The Bertz CT molecular complexity index is 626. The largest absolute Gasteiger partial charge is 0.355 e. The van der Waals surface area contributed by atoms with Crippen LogP contribution in [0, 0.1) is 0 Å². The van der Waals surface area contributed by atoms with Gasteiger partial charge in [0.05, 0.1) is 0 Å². The molecule has 0 atom stereocenters. The summed E-state index contributed by atoms with van der Waals surface area (Å²) in [6.07, 6.45) is 4.46. The number of anilines is 1. The molecule has 0 radical (unpaired) electrons. The van der Waals surface area contributed by atoms with Gasteiger partial charge in [-0.05, 0) is 36.2 Å². The van der Waals surface area contributed by atoms with Crippen molar-refractivity contribution in [2.75, 3.05) is 12.4 Å². The minimum absolute atomic E-state index is 0.0899. The Morgan fingerprint density at radius 1 is 1.19 bits per heavy atom. The van der Waals surface area contributed by atoms with Crippen LogP contribution in [-0.4, -0.2) is 23.8 Å². The van der Waals surface area contributed by atoms with Crippen molar-refractivity contribution in [2.45, 2.75) is 12.8 Å². The van der Waals surface area contributed by atoms with Crippen LogP contribution in [0.2, 0.25) is 0 Å². The van der Waals surface area contributed by atoms with Crippen LogP contribution in [0.25, 0.3) is 0 Å². The van der Waals surface area contributed by atoms with Gasteiger partial charge in [-0.1, -0.05) is 12.1 Å². The molecule has 108 valence electrons. The molecule has 1 aromatic heterocycles. The number of pyridine rings is 1. The van der Waals surface area contributed by atoms with E-state index in [1.807, 2.05) is 12.1 Å². The highest BCUT2D eigenvalue weighted by Gasteiger charge is 2.06. The first kappa shape index (κ1) is 14.7. The van der Waals surface area contributed by atoms with E-state index < -0.39 is 0 Å². The zero-order valence-electron chi connectivity index (χ0n) is 11.8. The summed E-state index contributed by atoms with van der Waals surface area (Å²) in [5.74, 6) is -0.269. The molecule has 1 aromatic carbocycles. The van der Waals surface area contributed by atoms with Gasteiger partial charge in [0.25, 0.3) is 5.91 Å². The third kappa shape index (κ3) is 4.42. The van der Waals surface area contributed by atoms with Crippen molar-refractivity contribution >= 4 is 17.5 Å². The van der Waals surface area contributed by atoms with E-state index in [2.05, 4.69) is 15.6 Å². The van der Waals surface area contributed by atoms with Gasteiger partial charge in [-0.15, -0.1) is 0 Å². The summed E-state index contributed by atoms with van der Waals surface area (Å²) in [5, 5.41) is 5.34. The summed E-state index contributed by atoms with van der Waals surface area (Å²) < 4.78 is 0. The number of amides is 2. The van der Waals surface area contributed by atoms with Crippen molar-refractivity contribution in [3.63, 3.8) is 0 Å². The number of nitrogens with zero attached hydrogens (tertiary/aromatic N) is 1. The average Bonchev–Trinajstić information content (AvgIpc) is 2.53. The van der Waals surface area contributed by atoms with Gasteiger partial charge in [0.1, 0.15) is 0 Å². The molecule has 0 saturated heterocycles. The highest BCUT2D eigenvalue weighted by molar-refractivity contribution is 5.97. The minimum Gasteiger partial charge on any atom is -0.355 e. The second-order valence-electron chi connectivity index (χ2n) is 4.57. The van der Waals surface area contributed by atoms with E-state index in [1.54, 1.807) is 43.7 Å². The molecule has 0 bridgehead atoms. The number of nitrogens with one attached hydrogen (secondary N) is 2. The van der Waals surface area contributed by atoms with Gasteiger partial charge < -0.3 is 10.6 Å². The standard InChI is InChI=1S/C16H17N3O2/c1-17-16(21)13-5-2-6-14(10-13)19-15(20)8-7-12-4-3-9-18-11-12/h2-6,9-11H,7-8H2,1H3,(H,17,21)(H,19,20). The molecule has 2 rings (SSSR count). The average molecular weight is 283 g/mol. The number of benzene rings is 1. The van der Waals surface area contributed by atoms with Crippen LogP contribution in [-0.2, 0) is 11.2 Å². The van der Waals surface area contributed by atoms with E-state index in [0.29, 0.717) is 24.1 Å². The maximum Gasteiger partial charge on any atom is 0.251 e. The zero-order chi connectivity index (χ0) is 15.1. The summed E-state index contributed by atoms with van der Waals surface area (Å²) in [6, 6.07) is 10.6. The molecule has 0 aliphatic carbocycles. The van der Waals surface area contributed by atoms with Crippen LogP contribution in [0.1, 0.15) is 22.3 Å². The second kappa shape index (κ2) is 7.19. The van der Waals surface area contributed by atoms with E-state index in [9.17, 15) is 9.59 Å². The van der Waals surface area contributed by atoms with Gasteiger partial charge in [-0.25, -0.2) is 0 Å². The fourth-order valence-electron chi connectivity index (χ4n) is 1.91. The molecule has 21 heavy (non-hydrogen) atoms. The predicted molar refractivity (Wildman–Crippen MR) is 81.0 cm³/mol. The van der Waals surface area contributed by atoms with Gasteiger partial charge in [0.2, 0.25) is 5.91 Å². The lowest BCUT2D eigenvalue weighted by atomic mass is 10.1. The van der Waals surface area contributed by atoms with Crippen molar-refractivity contribution in [1.29, 1.82) is 0 Å². The molecule has 5 nitrogen and oxygen atoms in total. The molecule has 0 aliphatic rings. The molecule has 0 saturated carbocycles. The quantitative estimate of drug-likeness (QED) is 0.881. The lowest BCUT2D eigenvalue weighted by Gasteiger charge is -2.07. The third-order valence-corrected chi connectivity index (χ3v) is 3.00. The maximum atomic E-state index is 11.9. The number of hydrogen-bond donors (Lipinski definition) is 2. The fraction of sp³-hybridized carbons (Fsp3) is 0.188. The number of carbonyl (C=O) groups is 2. The van der Waals surface area contributed by atoms with Crippen LogP contribution < -0.4 is 10.6 Å². The Labute approximate surface area is 123 Å². The molecule has 1 heterocycles. The first-order chi connectivity index (χ1) is 10.2. The first-order valence-corrected chi connectivity index (χ1v) is 6.70. The van der Waals surface area contributed by atoms with Gasteiger partial charge in [-0.2, -0.15) is 0 Å². The Morgan fingerprint density at radius 2 is 2.05 bits per heavy atom. The lowest BCUT2D eigenvalue weighted by molar-refractivity contribution is -0.116. The van der Waals surface area contributed by atoms with Gasteiger partial charge in [-0.3, -0.25) is 14.6 Å². The first-order valence-electron chi connectivity index (χ1n) is 6.70. The highest BCUT2D eigenvalue weighted by atomic mass is 16.2. The van der Waals surface area contributed by atoms with Crippen LogP contribution in [0.4, 0.5) is 5.69 Å². The number of aryl methyl sites for hydroxylation is 1. The van der Waals surface area contributed by atoms with Crippen molar-refractivity contribution in [3.8, 4) is 0 Å². The molecule has 5 heteroatoms. The molecular formula is C16H17N3O2. The molecule has 2 amide bonds. The monoisotopic (exact) mass is 283 g/mol. The highest BCUT2D eigenvalue weighted by Crippen LogP contribution is 2.11. The van der Waals surface area contributed by atoms with Crippen molar-refractivity contribution in [3.05, 3.63) is 59.9 Å². The van der Waals surface area contributed by atoms with Crippen molar-refractivity contribution in [2.24, 2.45) is 0 Å². The maximum absolute atomic E-state index is 11.9. The number of rotatable bonds is 5. The topological polar surface area (TPSA) is 71.1 Å². The van der Waals surface area contributed by atoms with Crippen LogP contribution in [0.15, 0.2) is 48.8 Å². The minimum atomic E-state index is -0.179. The zero-order valence-corrected chi connectivity index (χ0v) is 11.8. The molecule has 0 unspecified atom stereocenters. The summed E-state index contributed by atoms with van der Waals surface area (Å²) >= 11 is 0. The molecule has 0 aliphatic heterocycles. The van der Waals surface area contributed by atoms with Crippen LogP contribution >= 0.6 is 0 Å². The smallest absolute Gasteiger partial charge is 0.251 e. The Balaban J connectivity index is 1.92. The summed E-state index contributed by atoms with van der Waals surface area (Å²) in [6.45, 7) is 0. The van der Waals surface area contributed by atoms with Gasteiger partial charge in [0, 0.05) is 37.1 Å². The SMILES string of the molecule is CNC(=O)c1cccc(NC(=O)CCc2cccnc2)c1. The lowest BCUT2D eigenvalue weighted by Crippen LogP contribution is -2.18. The third-order valence-electron chi connectivity index (χ3n) is 3.00. The number of carbonyl (C=O) groups excluding carboxylic acids is 2. The van der Waals surface area contributed by atoms with Crippen molar-refractivity contribution in [1.82, 2.24) is 10.3 Å². The molecule has 2 aromatic rings. The molecule has 0 spiro atoms. The normalized spacial score (nSPS) is 9.95. The molecule has 2 N–H and O–H groups in total. The van der Waals surface area contributed by atoms with E-state index in [0.717, 1.165) is 5.56 Å². The fourth-order valence-corrected chi connectivity index (χ4v) is 1.91. The van der Waals surface area contributed by atoms with E-state index in [-0.39, 0.29) is 11.8 Å². The van der Waals surface area contributed by atoms with E-state index in [4.69, 9.17) is 0 Å². The van der Waals surface area contributed by atoms with Crippen LogP contribution in [0.5, 0.6) is 0 Å². The van der Waals surface area contributed by atoms with Crippen molar-refractivity contribution < 1.29 is 9.59 Å².